The van der Waals surface area contributed by atoms with Gasteiger partial charge in [-0.2, -0.15) is 15.0 Å². The summed E-state index contributed by atoms with van der Waals surface area (Å²) in [4.78, 5) is 32.8. The summed E-state index contributed by atoms with van der Waals surface area (Å²) in [5.74, 6) is -0.0355. The molecule has 0 radical (unpaired) electrons. The van der Waals surface area contributed by atoms with E-state index < -0.39 is 11.9 Å². The Morgan fingerprint density at radius 3 is 2.69 bits per heavy atom. The van der Waals surface area contributed by atoms with E-state index in [4.69, 9.17) is 20.8 Å². The zero-order valence-corrected chi connectivity index (χ0v) is 19.9. The Morgan fingerprint density at radius 1 is 1.20 bits per heavy atom. The van der Waals surface area contributed by atoms with Gasteiger partial charge < -0.3 is 9.15 Å². The first-order chi connectivity index (χ1) is 16.7. The number of ether oxygens (including phenoxy) is 1. The Labute approximate surface area is 202 Å². The van der Waals surface area contributed by atoms with Crippen molar-refractivity contribution in [2.24, 2.45) is 7.05 Å². The average molecular weight is 495 g/mol. The molecule has 0 aliphatic carbocycles. The number of aryl methyl sites for hydroxylation is 2. The molecule has 4 heterocycles. The number of nitrogens with one attached hydrogen (secondary N) is 1. The quantitative estimate of drug-likeness (QED) is 0.361. The van der Waals surface area contributed by atoms with E-state index in [2.05, 4.69) is 29.8 Å². The van der Waals surface area contributed by atoms with Gasteiger partial charge in [-0.3, -0.25) is 14.3 Å². The highest BCUT2D eigenvalue weighted by Gasteiger charge is 2.23. The van der Waals surface area contributed by atoms with Gasteiger partial charge in [0.1, 0.15) is 28.3 Å². The van der Waals surface area contributed by atoms with Crippen molar-refractivity contribution in [2.75, 3.05) is 0 Å². The van der Waals surface area contributed by atoms with Gasteiger partial charge in [-0.05, 0) is 50.6 Å². The molecule has 11 nitrogen and oxygen atoms in total. The Kier molecular flexibility index (Phi) is 5.48. The lowest BCUT2D eigenvalue weighted by Crippen LogP contribution is -2.12. The highest BCUT2D eigenvalue weighted by atomic mass is 35.5. The van der Waals surface area contributed by atoms with E-state index in [0.717, 1.165) is 5.56 Å². The Morgan fingerprint density at radius 2 is 2.00 bits per heavy atom. The van der Waals surface area contributed by atoms with E-state index in [1.165, 1.54) is 11.0 Å². The molecule has 4 aromatic heterocycles. The van der Waals surface area contributed by atoms with E-state index >= 15 is 0 Å². The molecule has 0 aliphatic rings. The van der Waals surface area contributed by atoms with Crippen LogP contribution in [-0.4, -0.2) is 30.1 Å². The van der Waals surface area contributed by atoms with Crippen molar-refractivity contribution in [3.8, 4) is 28.7 Å². The van der Waals surface area contributed by atoms with Crippen LogP contribution in [0.2, 0.25) is 5.15 Å². The predicted molar refractivity (Wildman–Crippen MR) is 126 cm³/mol. The lowest BCUT2D eigenvalue weighted by molar-refractivity contribution is 0.227. The van der Waals surface area contributed by atoms with Gasteiger partial charge in [0.2, 0.25) is 5.82 Å². The maximum atomic E-state index is 13.3. The lowest BCUT2D eigenvalue weighted by Gasteiger charge is -2.19. The van der Waals surface area contributed by atoms with E-state index in [1.807, 2.05) is 13.0 Å². The van der Waals surface area contributed by atoms with E-state index in [-0.39, 0.29) is 22.1 Å². The molecular formula is C23H19ClN6O5. The molecule has 0 aliphatic heterocycles. The van der Waals surface area contributed by atoms with Crippen molar-refractivity contribution in [3.63, 3.8) is 0 Å². The first-order valence-electron chi connectivity index (χ1n) is 10.6. The van der Waals surface area contributed by atoms with Crippen LogP contribution in [0.4, 0.5) is 0 Å². The van der Waals surface area contributed by atoms with Crippen molar-refractivity contribution in [1.29, 1.82) is 0 Å². The number of aromatic amines is 1. The predicted octanol–water partition coefficient (Wildman–Crippen LogP) is 3.74. The van der Waals surface area contributed by atoms with E-state index in [0.29, 0.717) is 39.3 Å². The number of nitrogens with zero attached hydrogens (tertiary/aromatic N) is 5. The first-order valence-corrected chi connectivity index (χ1v) is 10.9. The zero-order chi connectivity index (χ0) is 24.9. The number of hydrogen-bond donors (Lipinski definition) is 1. The summed E-state index contributed by atoms with van der Waals surface area (Å²) in [7, 11) is 1.68. The molecule has 5 rings (SSSR count). The van der Waals surface area contributed by atoms with Gasteiger partial charge in [-0.15, -0.1) is 0 Å². The third kappa shape index (κ3) is 4.10. The highest BCUT2D eigenvalue weighted by molar-refractivity contribution is 6.29. The smallest absolute Gasteiger partial charge is 0.439 e. The molecule has 35 heavy (non-hydrogen) atoms. The normalized spacial score (nSPS) is 12.3. The first kappa shape index (κ1) is 22.5. The van der Waals surface area contributed by atoms with E-state index in [9.17, 15) is 9.59 Å². The molecule has 0 saturated carbocycles. The molecule has 0 spiro atoms. The Hall–Kier alpha value is -4.25. The van der Waals surface area contributed by atoms with Crippen LogP contribution in [0.15, 0.2) is 49.0 Å². The minimum atomic E-state index is -0.737. The second-order valence-electron chi connectivity index (χ2n) is 8.02. The summed E-state index contributed by atoms with van der Waals surface area (Å²) in [6.07, 6.45) is 0.938. The third-order valence-electron chi connectivity index (χ3n) is 5.45. The third-order valence-corrected chi connectivity index (χ3v) is 5.67. The number of aromatic nitrogens is 6. The monoisotopic (exact) mass is 494 g/mol. The van der Waals surface area contributed by atoms with Gasteiger partial charge in [0, 0.05) is 18.2 Å². The fourth-order valence-corrected chi connectivity index (χ4v) is 3.98. The average Bonchev–Trinajstić information content (AvgIpc) is 3.45. The summed E-state index contributed by atoms with van der Waals surface area (Å²) >= 11 is 6.06. The number of rotatable bonds is 5. The van der Waals surface area contributed by atoms with Gasteiger partial charge in [0.25, 0.3) is 0 Å². The van der Waals surface area contributed by atoms with Crippen molar-refractivity contribution in [3.05, 3.63) is 73.1 Å². The summed E-state index contributed by atoms with van der Waals surface area (Å²) < 4.78 is 17.1. The number of hydrogen-bond acceptors (Lipinski definition) is 9. The van der Waals surface area contributed by atoms with Gasteiger partial charge in [0.15, 0.2) is 16.9 Å². The van der Waals surface area contributed by atoms with Crippen LogP contribution in [0.25, 0.3) is 33.9 Å². The standard InChI is InChI=1S/C23H19ClN6O5/c1-10-7-13(12(3)33-16-5-6-17(24)26-18(16)22-27-23(32)35-29-22)21-14(8-10)19(31)11(2)20(34-21)15-9-25-30(4)28-15/h5-9,12H,1-4H3,(H,27,29,32)/t12-/m1/s1. The Bertz CT molecular complexity index is 1700. The van der Waals surface area contributed by atoms with Crippen molar-refractivity contribution in [2.45, 2.75) is 26.9 Å². The van der Waals surface area contributed by atoms with Gasteiger partial charge in [0.05, 0.1) is 11.6 Å². The summed E-state index contributed by atoms with van der Waals surface area (Å²) in [5, 5.41) is 12.7. The second-order valence-corrected chi connectivity index (χ2v) is 8.41. The molecule has 0 saturated heterocycles. The largest absolute Gasteiger partial charge is 0.483 e. The molecular weight excluding hydrogens is 476 g/mol. The van der Waals surface area contributed by atoms with Crippen LogP contribution in [0.3, 0.4) is 0 Å². The molecule has 178 valence electrons. The number of halogens is 1. The summed E-state index contributed by atoms with van der Waals surface area (Å²) in [6.45, 7) is 5.39. The maximum Gasteiger partial charge on any atom is 0.439 e. The van der Waals surface area contributed by atoms with Crippen LogP contribution in [-0.2, 0) is 7.05 Å². The molecule has 5 aromatic rings. The van der Waals surface area contributed by atoms with Crippen LogP contribution in [0.1, 0.15) is 29.7 Å². The molecule has 0 unspecified atom stereocenters. The number of fused-ring (bicyclic) bond motifs is 1. The molecule has 0 amide bonds. The van der Waals surface area contributed by atoms with Crippen LogP contribution < -0.4 is 15.9 Å². The lowest BCUT2D eigenvalue weighted by atomic mass is 10.0. The minimum Gasteiger partial charge on any atom is -0.483 e. The number of benzene rings is 1. The topological polar surface area (TPSA) is 142 Å². The second kappa shape index (κ2) is 8.51. The van der Waals surface area contributed by atoms with Gasteiger partial charge in [-0.25, -0.2) is 9.78 Å². The summed E-state index contributed by atoms with van der Waals surface area (Å²) in [6, 6.07) is 6.82. The Balaban J connectivity index is 1.64. The fourth-order valence-electron chi connectivity index (χ4n) is 3.84. The molecule has 12 heteroatoms. The maximum absolute atomic E-state index is 13.3. The molecule has 0 bridgehead atoms. The fraction of sp³-hybridized carbons (Fsp3) is 0.217. The summed E-state index contributed by atoms with van der Waals surface area (Å²) in [5.41, 5.74) is 2.78. The van der Waals surface area contributed by atoms with Gasteiger partial charge in [-0.1, -0.05) is 16.8 Å². The minimum absolute atomic E-state index is 0.0703. The molecule has 1 N–H and O–H groups in total. The van der Waals surface area contributed by atoms with E-state index in [1.54, 1.807) is 39.1 Å². The molecule has 1 aromatic carbocycles. The number of H-pyrrole nitrogens is 1. The highest BCUT2D eigenvalue weighted by Crippen LogP contribution is 2.35. The van der Waals surface area contributed by atoms with Gasteiger partial charge >= 0.3 is 5.76 Å². The SMILES string of the molecule is Cc1cc([C@@H](C)Oc2ccc(Cl)nc2-c2noc(=O)[nH]2)c2oc(-c3cnn(C)n3)c(C)c(=O)c2c1. The number of pyridine rings is 1. The molecule has 0 fully saturated rings. The zero-order valence-electron chi connectivity index (χ0n) is 19.1. The van der Waals surface area contributed by atoms with Crippen LogP contribution in [0.5, 0.6) is 5.75 Å². The molecule has 1 atom stereocenters. The van der Waals surface area contributed by atoms with Crippen molar-refractivity contribution in [1.82, 2.24) is 30.1 Å². The van der Waals surface area contributed by atoms with Crippen LogP contribution in [0, 0.1) is 13.8 Å². The van der Waals surface area contributed by atoms with Crippen LogP contribution >= 0.6 is 11.6 Å². The van der Waals surface area contributed by atoms with Crippen molar-refractivity contribution >= 4 is 22.6 Å². The van der Waals surface area contributed by atoms with Crippen molar-refractivity contribution < 1.29 is 13.7 Å².